The number of hydrogen-bond donors (Lipinski definition) is 2. The van der Waals surface area contributed by atoms with Gasteiger partial charge in [0.1, 0.15) is 35.4 Å². The van der Waals surface area contributed by atoms with Gasteiger partial charge in [0.15, 0.2) is 5.82 Å². The molecule has 2 aromatic heterocycles. The van der Waals surface area contributed by atoms with Gasteiger partial charge in [-0.15, -0.1) is 0 Å². The van der Waals surface area contributed by atoms with Crippen LogP contribution in [0.25, 0.3) is 21.9 Å². The highest BCUT2D eigenvalue weighted by molar-refractivity contribution is 6.05. The van der Waals surface area contributed by atoms with Crippen molar-refractivity contribution in [2.45, 2.75) is 92.5 Å². The number of carbonyl (C=O) groups is 3. The summed E-state index contributed by atoms with van der Waals surface area (Å²) >= 11 is 0. The molecule has 2 N–H and O–H groups in total. The minimum absolute atomic E-state index is 0.0476. The third kappa shape index (κ3) is 7.82. The Labute approximate surface area is 290 Å². The predicted molar refractivity (Wildman–Crippen MR) is 185 cm³/mol. The molecule has 1 aromatic carbocycles. The molecule has 266 valence electrons. The standard InChI is InChI=1S/C36H43FN6O7/c1-19-24(16-40-30-29(19)43(10-11-47-30)33(46)50-35(5,6)7)23-12-20-13-26(41-31(44)48-22-14-21(15-22)36(8,9)18-38)39-17-25(20)28(27(23)37)42-32(45)49-34(2,3)4/h12-13,16-17,21-22H,10-11,14-15H2,1-9H3,(H,42,45)(H,39,41,44). The predicted octanol–water partition coefficient (Wildman–Crippen LogP) is 8.10. The third-order valence-electron chi connectivity index (χ3n) is 8.49. The number of rotatable bonds is 5. The Balaban J connectivity index is 1.53. The fourth-order valence-corrected chi connectivity index (χ4v) is 5.80. The highest BCUT2D eigenvalue weighted by atomic mass is 19.1. The molecular weight excluding hydrogens is 647 g/mol. The largest absolute Gasteiger partial charge is 0.474 e. The molecule has 0 spiro atoms. The molecule has 2 aliphatic rings. The van der Waals surface area contributed by atoms with Crippen molar-refractivity contribution in [3.8, 4) is 23.1 Å². The van der Waals surface area contributed by atoms with Crippen LogP contribution in [-0.2, 0) is 14.2 Å². The van der Waals surface area contributed by atoms with Gasteiger partial charge in [0.25, 0.3) is 0 Å². The molecule has 50 heavy (non-hydrogen) atoms. The normalized spacial score (nSPS) is 17.4. The summed E-state index contributed by atoms with van der Waals surface area (Å²) in [6.45, 7) is 16.2. The molecule has 5 rings (SSSR count). The Morgan fingerprint density at radius 1 is 0.960 bits per heavy atom. The van der Waals surface area contributed by atoms with Gasteiger partial charge in [0.2, 0.25) is 5.88 Å². The van der Waals surface area contributed by atoms with Crippen molar-refractivity contribution in [1.29, 1.82) is 5.26 Å². The van der Waals surface area contributed by atoms with Gasteiger partial charge < -0.3 is 18.9 Å². The van der Waals surface area contributed by atoms with E-state index in [9.17, 15) is 19.6 Å². The highest BCUT2D eigenvalue weighted by Gasteiger charge is 2.42. The monoisotopic (exact) mass is 690 g/mol. The van der Waals surface area contributed by atoms with E-state index in [2.05, 4.69) is 26.7 Å². The van der Waals surface area contributed by atoms with Gasteiger partial charge in [-0.3, -0.25) is 15.5 Å². The van der Waals surface area contributed by atoms with Gasteiger partial charge in [0.05, 0.1) is 23.7 Å². The zero-order valence-electron chi connectivity index (χ0n) is 29.8. The van der Waals surface area contributed by atoms with Crippen LogP contribution in [0.3, 0.4) is 0 Å². The molecular formula is C36H43FN6O7. The fourth-order valence-electron chi connectivity index (χ4n) is 5.80. The number of carbonyl (C=O) groups excluding carboxylic acids is 3. The minimum Gasteiger partial charge on any atom is -0.474 e. The van der Waals surface area contributed by atoms with E-state index in [4.69, 9.17) is 18.9 Å². The van der Waals surface area contributed by atoms with Gasteiger partial charge in [0, 0.05) is 28.9 Å². The van der Waals surface area contributed by atoms with Crippen LogP contribution in [0.1, 0.15) is 73.8 Å². The van der Waals surface area contributed by atoms with Crippen molar-refractivity contribution < 1.29 is 37.7 Å². The second-order valence-electron chi connectivity index (χ2n) is 15.1. The lowest BCUT2D eigenvalue weighted by atomic mass is 9.66. The summed E-state index contributed by atoms with van der Waals surface area (Å²) in [4.78, 5) is 49.0. The fraction of sp³-hybridized carbons (Fsp3) is 0.500. The summed E-state index contributed by atoms with van der Waals surface area (Å²) in [5.74, 6) is -0.353. The number of nitrogens with one attached hydrogen (secondary N) is 2. The van der Waals surface area contributed by atoms with Crippen LogP contribution >= 0.6 is 0 Å². The maximum Gasteiger partial charge on any atom is 0.415 e. The second-order valence-corrected chi connectivity index (χ2v) is 15.1. The number of aromatic nitrogens is 2. The molecule has 1 fully saturated rings. The van der Waals surface area contributed by atoms with Crippen molar-refractivity contribution in [2.75, 3.05) is 28.7 Å². The average molecular weight is 691 g/mol. The molecule has 0 radical (unpaired) electrons. The quantitative estimate of drug-likeness (QED) is 0.250. The van der Waals surface area contributed by atoms with Crippen molar-refractivity contribution in [2.24, 2.45) is 11.3 Å². The first-order chi connectivity index (χ1) is 23.3. The van der Waals surface area contributed by atoms with E-state index in [0.717, 1.165) is 0 Å². The Kier molecular flexibility index (Phi) is 9.57. The number of benzene rings is 1. The maximum absolute atomic E-state index is 16.6. The van der Waals surface area contributed by atoms with Gasteiger partial charge in [-0.25, -0.2) is 28.7 Å². The lowest BCUT2D eigenvalue weighted by molar-refractivity contribution is -0.00712. The van der Waals surface area contributed by atoms with Crippen LogP contribution in [-0.4, -0.2) is 58.7 Å². The van der Waals surface area contributed by atoms with Crippen LogP contribution in [0, 0.1) is 35.4 Å². The lowest BCUT2D eigenvalue weighted by Gasteiger charge is -2.40. The summed E-state index contributed by atoms with van der Waals surface area (Å²) in [6.07, 6.45) is 1.38. The molecule has 3 aromatic rings. The van der Waals surface area contributed by atoms with E-state index >= 15 is 4.39 Å². The molecule has 1 aliphatic heterocycles. The lowest BCUT2D eigenvalue weighted by Crippen LogP contribution is -2.42. The number of anilines is 3. The van der Waals surface area contributed by atoms with E-state index < -0.39 is 40.7 Å². The molecule has 0 saturated heterocycles. The van der Waals surface area contributed by atoms with Crippen LogP contribution in [0.2, 0.25) is 0 Å². The maximum atomic E-state index is 16.6. The first-order valence-electron chi connectivity index (χ1n) is 16.4. The van der Waals surface area contributed by atoms with E-state index in [1.165, 1.54) is 23.4 Å². The molecule has 0 atom stereocenters. The highest BCUT2D eigenvalue weighted by Crippen LogP contribution is 2.44. The summed E-state index contributed by atoms with van der Waals surface area (Å²) < 4.78 is 39.0. The van der Waals surface area contributed by atoms with Crippen molar-refractivity contribution >= 4 is 46.2 Å². The van der Waals surface area contributed by atoms with E-state index in [1.54, 1.807) is 54.5 Å². The first-order valence-corrected chi connectivity index (χ1v) is 16.4. The van der Waals surface area contributed by atoms with Crippen molar-refractivity contribution in [1.82, 2.24) is 9.97 Å². The third-order valence-corrected chi connectivity index (χ3v) is 8.49. The zero-order chi connectivity index (χ0) is 36.8. The number of nitriles is 1. The number of ether oxygens (including phenoxy) is 4. The summed E-state index contributed by atoms with van der Waals surface area (Å²) in [7, 11) is 0. The molecule has 0 unspecified atom stereocenters. The van der Waals surface area contributed by atoms with E-state index in [1.807, 2.05) is 13.8 Å². The van der Waals surface area contributed by atoms with Crippen molar-refractivity contribution in [3.05, 3.63) is 35.9 Å². The number of nitrogens with zero attached hydrogens (tertiary/aromatic N) is 4. The van der Waals surface area contributed by atoms with E-state index in [0.29, 0.717) is 35.0 Å². The van der Waals surface area contributed by atoms with Crippen LogP contribution in [0.5, 0.6) is 5.88 Å². The Morgan fingerprint density at radius 3 is 2.28 bits per heavy atom. The molecule has 1 aliphatic carbocycles. The molecule has 0 bridgehead atoms. The van der Waals surface area contributed by atoms with Gasteiger partial charge >= 0.3 is 18.3 Å². The second kappa shape index (κ2) is 13.3. The number of fused-ring (bicyclic) bond motifs is 2. The first kappa shape index (κ1) is 36.1. The van der Waals surface area contributed by atoms with Crippen LogP contribution < -0.4 is 20.3 Å². The molecule has 14 heteroatoms. The smallest absolute Gasteiger partial charge is 0.415 e. The number of amides is 3. The van der Waals surface area contributed by atoms with Gasteiger partial charge in [-0.1, -0.05) is 0 Å². The Hall–Kier alpha value is -5.19. The van der Waals surface area contributed by atoms with Gasteiger partial charge in [-0.2, -0.15) is 5.26 Å². The number of halogens is 1. The Morgan fingerprint density at radius 2 is 1.64 bits per heavy atom. The SMILES string of the molecule is Cc1c(-c2cc3cc(NC(=O)OC4CC(C(C)(C)C#N)C4)ncc3c(NC(=O)OC(C)(C)C)c2F)cnc2c1N(C(=O)OC(C)(C)C)CCO2. The van der Waals surface area contributed by atoms with Crippen molar-refractivity contribution in [3.63, 3.8) is 0 Å². The van der Waals surface area contributed by atoms with Crippen LogP contribution in [0.4, 0.5) is 36.0 Å². The van der Waals surface area contributed by atoms with Crippen LogP contribution in [0.15, 0.2) is 24.5 Å². The topological polar surface area (TPSA) is 165 Å². The molecule has 3 amide bonds. The number of hydrogen-bond acceptors (Lipinski definition) is 10. The minimum atomic E-state index is -0.885. The zero-order valence-corrected chi connectivity index (χ0v) is 29.8. The Bertz CT molecular complexity index is 1890. The molecule has 13 nitrogen and oxygen atoms in total. The molecule has 1 saturated carbocycles. The van der Waals surface area contributed by atoms with Gasteiger partial charge in [-0.05, 0) is 104 Å². The number of pyridine rings is 2. The summed E-state index contributed by atoms with van der Waals surface area (Å²) in [5.41, 5.74) is -1.16. The summed E-state index contributed by atoms with van der Waals surface area (Å²) in [6, 6.07) is 5.37. The van der Waals surface area contributed by atoms with E-state index in [-0.39, 0.29) is 53.5 Å². The average Bonchev–Trinajstić information content (AvgIpc) is 2.98. The molecule has 3 heterocycles. The summed E-state index contributed by atoms with van der Waals surface area (Å²) in [5, 5.41) is 15.2.